The van der Waals surface area contributed by atoms with Crippen LogP contribution in [0, 0.1) is 5.82 Å². The number of carbonyl (C=O) groups is 1. The van der Waals surface area contributed by atoms with Crippen LogP contribution in [0.25, 0.3) is 10.2 Å². The highest BCUT2D eigenvalue weighted by molar-refractivity contribution is 7.16. The van der Waals surface area contributed by atoms with Crippen molar-refractivity contribution in [1.29, 1.82) is 0 Å². The molecule has 1 amide bonds. The number of fused-ring (bicyclic) bond motifs is 1. The number of thiazole rings is 1. The first-order chi connectivity index (χ1) is 10.1. The molecule has 0 saturated heterocycles. The van der Waals surface area contributed by atoms with Crippen molar-refractivity contribution < 1.29 is 9.18 Å². The maximum atomic E-state index is 13.6. The summed E-state index contributed by atoms with van der Waals surface area (Å²) in [6.45, 7) is 0. The number of halogens is 2. The summed E-state index contributed by atoms with van der Waals surface area (Å²) in [6.07, 6.45) is 0. The number of carbonyl (C=O) groups excluding carboxylic acids is 1. The van der Waals surface area contributed by atoms with Gasteiger partial charge in [-0.2, -0.15) is 4.99 Å². The molecule has 0 radical (unpaired) electrons. The van der Waals surface area contributed by atoms with Gasteiger partial charge >= 0.3 is 0 Å². The van der Waals surface area contributed by atoms with Crippen LogP contribution in [0.1, 0.15) is 10.4 Å². The molecule has 0 aliphatic rings. The first kappa shape index (κ1) is 14.0. The van der Waals surface area contributed by atoms with E-state index in [1.54, 1.807) is 23.7 Å². The first-order valence-electron chi connectivity index (χ1n) is 6.15. The molecule has 106 valence electrons. The molecule has 1 aromatic heterocycles. The molecule has 0 aliphatic carbocycles. The topological polar surface area (TPSA) is 34.4 Å². The molecule has 3 nitrogen and oxygen atoms in total. The number of hydrogen-bond acceptors (Lipinski definition) is 2. The van der Waals surface area contributed by atoms with Crippen molar-refractivity contribution in [2.45, 2.75) is 0 Å². The monoisotopic (exact) mass is 320 g/mol. The van der Waals surface area contributed by atoms with E-state index in [1.165, 1.54) is 29.5 Å². The van der Waals surface area contributed by atoms with Crippen molar-refractivity contribution in [2.24, 2.45) is 12.0 Å². The summed E-state index contributed by atoms with van der Waals surface area (Å²) in [5.41, 5.74) is 0.769. The average Bonchev–Trinajstić information content (AvgIpc) is 2.77. The Morgan fingerprint density at radius 3 is 2.71 bits per heavy atom. The van der Waals surface area contributed by atoms with Gasteiger partial charge in [-0.15, -0.1) is 0 Å². The number of amides is 1. The Kier molecular flexibility index (Phi) is 3.61. The summed E-state index contributed by atoms with van der Waals surface area (Å²) in [5, 5.41) is 0.589. The van der Waals surface area contributed by atoms with Gasteiger partial charge in [0, 0.05) is 7.05 Å². The van der Waals surface area contributed by atoms with Gasteiger partial charge in [0.05, 0.1) is 20.8 Å². The SMILES string of the molecule is Cn1c(=NC(=O)c2ccccc2F)sc2cccc(Cl)c21. The largest absolute Gasteiger partial charge is 0.318 e. The van der Waals surface area contributed by atoms with Crippen molar-refractivity contribution >= 4 is 39.1 Å². The zero-order chi connectivity index (χ0) is 15.0. The Morgan fingerprint density at radius 1 is 1.24 bits per heavy atom. The van der Waals surface area contributed by atoms with Crippen molar-refractivity contribution in [1.82, 2.24) is 4.57 Å². The van der Waals surface area contributed by atoms with Gasteiger partial charge < -0.3 is 4.57 Å². The van der Waals surface area contributed by atoms with E-state index in [4.69, 9.17) is 11.6 Å². The third-order valence-corrected chi connectivity index (χ3v) is 4.48. The zero-order valence-corrected chi connectivity index (χ0v) is 12.6. The van der Waals surface area contributed by atoms with Crippen LogP contribution in [0.3, 0.4) is 0 Å². The molecule has 0 unspecified atom stereocenters. The number of rotatable bonds is 1. The van der Waals surface area contributed by atoms with Gasteiger partial charge in [0.2, 0.25) is 0 Å². The van der Waals surface area contributed by atoms with Gasteiger partial charge in [0.25, 0.3) is 5.91 Å². The molecule has 0 fully saturated rings. The van der Waals surface area contributed by atoms with Crippen LogP contribution in [-0.4, -0.2) is 10.5 Å². The fraction of sp³-hybridized carbons (Fsp3) is 0.0667. The number of benzene rings is 2. The Bertz CT molecular complexity index is 913. The minimum absolute atomic E-state index is 0.0407. The smallest absolute Gasteiger partial charge is 0.282 e. The Balaban J connectivity index is 2.17. The number of para-hydroxylation sites is 1. The lowest BCUT2D eigenvalue weighted by Crippen LogP contribution is -2.14. The molecular weight excluding hydrogens is 311 g/mol. The highest BCUT2D eigenvalue weighted by atomic mass is 35.5. The van der Waals surface area contributed by atoms with Gasteiger partial charge in [-0.1, -0.05) is 41.1 Å². The fourth-order valence-corrected chi connectivity index (χ4v) is 3.45. The molecule has 1 heterocycles. The van der Waals surface area contributed by atoms with E-state index >= 15 is 0 Å². The van der Waals surface area contributed by atoms with E-state index in [-0.39, 0.29) is 5.56 Å². The van der Waals surface area contributed by atoms with E-state index in [9.17, 15) is 9.18 Å². The highest BCUT2D eigenvalue weighted by Crippen LogP contribution is 2.24. The van der Waals surface area contributed by atoms with Crippen molar-refractivity contribution in [2.75, 3.05) is 0 Å². The second-order valence-electron chi connectivity index (χ2n) is 4.43. The lowest BCUT2D eigenvalue weighted by atomic mass is 10.2. The fourth-order valence-electron chi connectivity index (χ4n) is 2.05. The number of nitrogens with zero attached hydrogens (tertiary/aromatic N) is 2. The van der Waals surface area contributed by atoms with Crippen LogP contribution in [0.15, 0.2) is 47.5 Å². The number of aromatic nitrogens is 1. The lowest BCUT2D eigenvalue weighted by molar-refractivity contribution is 0.0994. The van der Waals surface area contributed by atoms with Gasteiger partial charge in [0.1, 0.15) is 5.82 Å². The first-order valence-corrected chi connectivity index (χ1v) is 7.35. The standard InChI is InChI=1S/C15H10ClFN2OS/c1-19-13-10(16)6-4-8-12(13)21-15(19)18-14(20)9-5-2-3-7-11(9)17/h2-8H,1H3. The summed E-state index contributed by atoms with van der Waals surface area (Å²) >= 11 is 7.49. The summed E-state index contributed by atoms with van der Waals surface area (Å²) < 4.78 is 16.3. The molecule has 0 saturated carbocycles. The second kappa shape index (κ2) is 5.42. The summed E-state index contributed by atoms with van der Waals surface area (Å²) in [7, 11) is 1.78. The van der Waals surface area contributed by atoms with Gasteiger partial charge in [0.15, 0.2) is 4.80 Å². The quantitative estimate of drug-likeness (QED) is 0.672. The van der Waals surface area contributed by atoms with Crippen LogP contribution in [0.5, 0.6) is 0 Å². The molecule has 0 atom stereocenters. The predicted octanol–water partition coefficient (Wildman–Crippen LogP) is 3.77. The van der Waals surface area contributed by atoms with E-state index in [0.29, 0.717) is 9.82 Å². The number of hydrogen-bond donors (Lipinski definition) is 0. The Hall–Kier alpha value is -1.98. The zero-order valence-electron chi connectivity index (χ0n) is 11.0. The lowest BCUT2D eigenvalue weighted by Gasteiger charge is -1.98. The molecule has 3 rings (SSSR count). The maximum Gasteiger partial charge on any atom is 0.282 e. The van der Waals surface area contributed by atoms with E-state index in [0.717, 1.165) is 10.2 Å². The van der Waals surface area contributed by atoms with Gasteiger partial charge in [-0.25, -0.2) is 4.39 Å². The highest BCUT2D eigenvalue weighted by Gasteiger charge is 2.11. The minimum Gasteiger partial charge on any atom is -0.318 e. The molecule has 0 N–H and O–H groups in total. The van der Waals surface area contributed by atoms with Crippen molar-refractivity contribution in [3.8, 4) is 0 Å². The third kappa shape index (κ3) is 2.50. The van der Waals surface area contributed by atoms with Crippen molar-refractivity contribution in [3.05, 3.63) is 63.7 Å². The van der Waals surface area contributed by atoms with E-state index < -0.39 is 11.7 Å². The van der Waals surface area contributed by atoms with E-state index in [2.05, 4.69) is 4.99 Å². The molecule has 2 aromatic carbocycles. The van der Waals surface area contributed by atoms with Gasteiger partial charge in [-0.05, 0) is 24.3 Å². The Morgan fingerprint density at radius 2 is 2.00 bits per heavy atom. The van der Waals surface area contributed by atoms with Crippen LogP contribution >= 0.6 is 22.9 Å². The molecule has 21 heavy (non-hydrogen) atoms. The predicted molar refractivity (Wildman–Crippen MR) is 82.1 cm³/mol. The van der Waals surface area contributed by atoms with Crippen LogP contribution in [0.4, 0.5) is 4.39 Å². The molecular formula is C15H10ClFN2OS. The van der Waals surface area contributed by atoms with Crippen LogP contribution in [0.2, 0.25) is 5.02 Å². The summed E-state index contributed by atoms with van der Waals surface area (Å²) in [4.78, 5) is 16.6. The molecule has 0 bridgehead atoms. The molecule has 0 spiro atoms. The average molecular weight is 321 g/mol. The molecule has 6 heteroatoms. The molecule has 3 aromatic rings. The second-order valence-corrected chi connectivity index (χ2v) is 5.84. The molecule has 0 aliphatic heterocycles. The third-order valence-electron chi connectivity index (χ3n) is 3.07. The normalized spacial score (nSPS) is 12.0. The summed E-state index contributed by atoms with van der Waals surface area (Å²) in [5.74, 6) is -1.18. The van der Waals surface area contributed by atoms with Gasteiger partial charge in [-0.3, -0.25) is 4.79 Å². The minimum atomic E-state index is -0.605. The maximum absolute atomic E-state index is 13.6. The Labute approximate surface area is 128 Å². The van der Waals surface area contributed by atoms with Crippen LogP contribution in [-0.2, 0) is 7.05 Å². The van der Waals surface area contributed by atoms with E-state index in [1.807, 2.05) is 12.1 Å². The van der Waals surface area contributed by atoms with Crippen molar-refractivity contribution in [3.63, 3.8) is 0 Å². The summed E-state index contributed by atoms with van der Waals surface area (Å²) in [6, 6.07) is 11.3. The number of aryl methyl sites for hydroxylation is 1. The van der Waals surface area contributed by atoms with Crippen LogP contribution < -0.4 is 4.80 Å².